The summed E-state index contributed by atoms with van der Waals surface area (Å²) >= 11 is 0. The van der Waals surface area contributed by atoms with E-state index in [-0.39, 0.29) is 5.56 Å². The second kappa shape index (κ2) is 7.62. The fraction of sp³-hybridized carbons (Fsp3) is 0.286. The molecular weight excluding hydrogens is 376 g/mol. The van der Waals surface area contributed by atoms with Crippen LogP contribution in [0.4, 0.5) is 14.5 Å². The number of carbonyl (C=O) groups is 1. The number of pyridine rings is 1. The van der Waals surface area contributed by atoms with Crippen LogP contribution in [0.2, 0.25) is 0 Å². The van der Waals surface area contributed by atoms with Gasteiger partial charge in [0.05, 0.1) is 22.6 Å². The van der Waals surface area contributed by atoms with Gasteiger partial charge in [0.2, 0.25) is 0 Å². The van der Waals surface area contributed by atoms with E-state index in [9.17, 15) is 13.6 Å². The standard InChI is InChI=1S/C21H21F2N5O/c1-14-20(15(2)28(25-14)19-5-3-4-8-24-19)26-9-11-27(12-10-26)21(29)17-7-6-16(22)13-18(17)23/h3-8,13H,9-12H2,1-2H3. The molecule has 1 saturated heterocycles. The summed E-state index contributed by atoms with van der Waals surface area (Å²) in [5.74, 6) is -1.19. The summed E-state index contributed by atoms with van der Waals surface area (Å²) in [6.07, 6.45) is 1.73. The summed E-state index contributed by atoms with van der Waals surface area (Å²) in [6, 6.07) is 8.71. The second-order valence-corrected chi connectivity index (χ2v) is 7.02. The van der Waals surface area contributed by atoms with Crippen LogP contribution in [-0.2, 0) is 0 Å². The lowest BCUT2D eigenvalue weighted by atomic mass is 10.1. The lowest BCUT2D eigenvalue weighted by Gasteiger charge is -2.36. The number of nitrogens with zero attached hydrogens (tertiary/aromatic N) is 5. The molecule has 0 N–H and O–H groups in total. The molecule has 0 unspecified atom stereocenters. The van der Waals surface area contributed by atoms with Crippen LogP contribution < -0.4 is 4.90 Å². The number of aryl methyl sites for hydroxylation is 1. The summed E-state index contributed by atoms with van der Waals surface area (Å²) in [5.41, 5.74) is 2.79. The molecular formula is C21H21F2N5O. The van der Waals surface area contributed by atoms with E-state index in [4.69, 9.17) is 0 Å². The van der Waals surface area contributed by atoms with E-state index in [2.05, 4.69) is 15.0 Å². The summed E-state index contributed by atoms with van der Waals surface area (Å²) in [6.45, 7) is 6.05. The molecule has 2 aromatic heterocycles. The van der Waals surface area contributed by atoms with Gasteiger partial charge in [-0.25, -0.2) is 18.4 Å². The first kappa shape index (κ1) is 19.0. The summed E-state index contributed by atoms with van der Waals surface area (Å²) in [4.78, 5) is 20.8. The zero-order chi connectivity index (χ0) is 20.5. The van der Waals surface area contributed by atoms with Gasteiger partial charge in [-0.1, -0.05) is 6.07 Å². The van der Waals surface area contributed by atoms with Gasteiger partial charge in [-0.05, 0) is 38.1 Å². The van der Waals surface area contributed by atoms with Crippen molar-refractivity contribution >= 4 is 11.6 Å². The van der Waals surface area contributed by atoms with E-state index >= 15 is 0 Å². The van der Waals surface area contributed by atoms with Crippen LogP contribution in [0.3, 0.4) is 0 Å². The van der Waals surface area contributed by atoms with Gasteiger partial charge in [0, 0.05) is 38.4 Å². The fourth-order valence-corrected chi connectivity index (χ4v) is 3.76. The number of hydrogen-bond donors (Lipinski definition) is 0. The molecule has 0 aliphatic carbocycles. The van der Waals surface area contributed by atoms with Crippen LogP contribution in [-0.4, -0.2) is 51.8 Å². The molecule has 3 aromatic rings. The molecule has 1 aliphatic heterocycles. The molecule has 8 heteroatoms. The molecule has 1 fully saturated rings. The van der Waals surface area contributed by atoms with Crippen molar-refractivity contribution in [2.45, 2.75) is 13.8 Å². The van der Waals surface area contributed by atoms with Crippen molar-refractivity contribution in [3.05, 3.63) is 71.2 Å². The van der Waals surface area contributed by atoms with Gasteiger partial charge < -0.3 is 9.80 Å². The highest BCUT2D eigenvalue weighted by Crippen LogP contribution is 2.27. The van der Waals surface area contributed by atoms with Crippen molar-refractivity contribution in [3.63, 3.8) is 0 Å². The van der Waals surface area contributed by atoms with Crippen LogP contribution in [0.1, 0.15) is 21.7 Å². The van der Waals surface area contributed by atoms with Crippen LogP contribution in [0, 0.1) is 25.5 Å². The molecule has 1 aromatic carbocycles. The molecule has 0 radical (unpaired) electrons. The Morgan fingerprint density at radius 2 is 1.79 bits per heavy atom. The Bertz CT molecular complexity index is 1040. The second-order valence-electron chi connectivity index (χ2n) is 7.02. The zero-order valence-electron chi connectivity index (χ0n) is 16.3. The molecule has 0 bridgehead atoms. The number of halogens is 2. The van der Waals surface area contributed by atoms with E-state index in [0.717, 1.165) is 35.0 Å². The topological polar surface area (TPSA) is 54.3 Å². The predicted molar refractivity (Wildman–Crippen MR) is 105 cm³/mol. The van der Waals surface area contributed by atoms with Crippen molar-refractivity contribution in [2.75, 3.05) is 31.1 Å². The average Bonchev–Trinajstić information content (AvgIpc) is 3.02. The zero-order valence-corrected chi connectivity index (χ0v) is 16.3. The third-order valence-corrected chi connectivity index (χ3v) is 5.16. The molecule has 1 aliphatic rings. The lowest BCUT2D eigenvalue weighted by molar-refractivity contribution is 0.0742. The Morgan fingerprint density at radius 1 is 1.03 bits per heavy atom. The van der Waals surface area contributed by atoms with Gasteiger partial charge in [0.1, 0.15) is 11.6 Å². The van der Waals surface area contributed by atoms with Crippen LogP contribution in [0.5, 0.6) is 0 Å². The largest absolute Gasteiger partial charge is 0.365 e. The minimum atomic E-state index is -0.833. The van der Waals surface area contributed by atoms with Crippen molar-refractivity contribution in [1.82, 2.24) is 19.7 Å². The van der Waals surface area contributed by atoms with E-state index in [0.29, 0.717) is 26.2 Å². The highest BCUT2D eigenvalue weighted by Gasteiger charge is 2.27. The molecule has 29 heavy (non-hydrogen) atoms. The molecule has 3 heterocycles. The Balaban J connectivity index is 1.50. The maximum Gasteiger partial charge on any atom is 0.256 e. The van der Waals surface area contributed by atoms with E-state index in [1.165, 1.54) is 6.07 Å². The monoisotopic (exact) mass is 397 g/mol. The summed E-state index contributed by atoms with van der Waals surface area (Å²) in [5, 5.41) is 4.62. The normalized spacial score (nSPS) is 14.3. The Hall–Kier alpha value is -3.29. The van der Waals surface area contributed by atoms with Gasteiger partial charge >= 0.3 is 0 Å². The van der Waals surface area contributed by atoms with E-state index < -0.39 is 17.5 Å². The minimum Gasteiger partial charge on any atom is -0.365 e. The number of rotatable bonds is 3. The van der Waals surface area contributed by atoms with E-state index in [1.807, 2.05) is 36.7 Å². The number of carbonyl (C=O) groups excluding carboxylic acids is 1. The van der Waals surface area contributed by atoms with Gasteiger partial charge in [0.15, 0.2) is 5.82 Å². The predicted octanol–water partition coefficient (Wildman–Crippen LogP) is 3.12. The third-order valence-electron chi connectivity index (χ3n) is 5.16. The maximum absolute atomic E-state index is 14.0. The smallest absolute Gasteiger partial charge is 0.256 e. The number of aromatic nitrogens is 3. The Morgan fingerprint density at radius 3 is 2.45 bits per heavy atom. The van der Waals surface area contributed by atoms with Crippen LogP contribution in [0.15, 0.2) is 42.6 Å². The Labute approximate surface area is 167 Å². The number of piperazine rings is 1. The van der Waals surface area contributed by atoms with Crippen molar-refractivity contribution in [1.29, 1.82) is 0 Å². The Kier molecular flexibility index (Phi) is 5.00. The van der Waals surface area contributed by atoms with Gasteiger partial charge in [-0.2, -0.15) is 5.10 Å². The minimum absolute atomic E-state index is 0.102. The van der Waals surface area contributed by atoms with Crippen LogP contribution in [0.25, 0.3) is 5.82 Å². The first-order chi connectivity index (χ1) is 14.0. The first-order valence-corrected chi connectivity index (χ1v) is 9.42. The summed E-state index contributed by atoms with van der Waals surface area (Å²) in [7, 11) is 0. The molecule has 1 amide bonds. The van der Waals surface area contributed by atoms with Crippen molar-refractivity contribution in [3.8, 4) is 5.82 Å². The quantitative estimate of drug-likeness (QED) is 0.682. The number of hydrogen-bond acceptors (Lipinski definition) is 4. The third kappa shape index (κ3) is 3.57. The van der Waals surface area contributed by atoms with E-state index in [1.54, 1.807) is 11.1 Å². The van der Waals surface area contributed by atoms with Crippen LogP contribution >= 0.6 is 0 Å². The fourth-order valence-electron chi connectivity index (χ4n) is 3.76. The van der Waals surface area contributed by atoms with Gasteiger partial charge in [-0.15, -0.1) is 0 Å². The maximum atomic E-state index is 14.0. The first-order valence-electron chi connectivity index (χ1n) is 9.42. The molecule has 0 atom stereocenters. The van der Waals surface area contributed by atoms with Crippen molar-refractivity contribution < 1.29 is 13.6 Å². The highest BCUT2D eigenvalue weighted by atomic mass is 19.1. The average molecular weight is 397 g/mol. The molecule has 150 valence electrons. The molecule has 4 rings (SSSR count). The van der Waals surface area contributed by atoms with Crippen molar-refractivity contribution in [2.24, 2.45) is 0 Å². The summed E-state index contributed by atoms with van der Waals surface area (Å²) < 4.78 is 28.9. The lowest BCUT2D eigenvalue weighted by Crippen LogP contribution is -2.49. The number of anilines is 1. The molecule has 0 saturated carbocycles. The highest BCUT2D eigenvalue weighted by molar-refractivity contribution is 5.94. The number of benzene rings is 1. The SMILES string of the molecule is Cc1nn(-c2ccccn2)c(C)c1N1CCN(C(=O)c2ccc(F)cc2F)CC1. The molecule has 6 nitrogen and oxygen atoms in total. The number of amides is 1. The van der Waals surface area contributed by atoms with Gasteiger partial charge in [-0.3, -0.25) is 4.79 Å². The van der Waals surface area contributed by atoms with Gasteiger partial charge in [0.25, 0.3) is 5.91 Å². The molecule has 0 spiro atoms.